The van der Waals surface area contributed by atoms with Crippen molar-refractivity contribution in [2.75, 3.05) is 5.73 Å². The summed E-state index contributed by atoms with van der Waals surface area (Å²) in [6.45, 7) is 1.88. The van der Waals surface area contributed by atoms with Crippen molar-refractivity contribution in [3.05, 3.63) is 46.8 Å². The predicted octanol–water partition coefficient (Wildman–Crippen LogP) is 4.25. The summed E-state index contributed by atoms with van der Waals surface area (Å²) >= 11 is 3.45. The van der Waals surface area contributed by atoms with Crippen LogP contribution in [-0.4, -0.2) is 5.16 Å². The molecule has 0 bridgehead atoms. The largest absolute Gasteiger partial charge is 0.469 e. The highest BCUT2D eigenvalue weighted by molar-refractivity contribution is 9.10. The molecule has 0 saturated carbocycles. The first kappa shape index (κ1) is 12.0. The zero-order valence-corrected chi connectivity index (χ0v) is 11.8. The number of halogens is 1. The Bertz CT molecular complexity index is 731. The Morgan fingerprint density at radius 1 is 1.21 bits per heavy atom. The molecular formula is C14H11BrN2O2. The molecule has 0 fully saturated rings. The molecule has 0 unspecified atom stereocenters. The molecule has 0 amide bonds. The van der Waals surface area contributed by atoms with Gasteiger partial charge in [-0.3, -0.25) is 0 Å². The minimum atomic E-state index is 0.298. The molecule has 96 valence electrons. The van der Waals surface area contributed by atoms with Crippen LogP contribution in [0.1, 0.15) is 5.76 Å². The summed E-state index contributed by atoms with van der Waals surface area (Å²) in [5.74, 6) is 1.11. The lowest BCUT2D eigenvalue weighted by atomic mass is 10.0. The maximum absolute atomic E-state index is 5.89. The van der Waals surface area contributed by atoms with Crippen molar-refractivity contribution in [3.63, 3.8) is 0 Å². The average Bonchev–Trinajstić information content (AvgIpc) is 2.95. The van der Waals surface area contributed by atoms with Crippen molar-refractivity contribution in [1.29, 1.82) is 0 Å². The summed E-state index contributed by atoms with van der Waals surface area (Å²) in [6, 6.07) is 9.73. The van der Waals surface area contributed by atoms with Crippen LogP contribution in [0.2, 0.25) is 0 Å². The third kappa shape index (κ3) is 2.17. The lowest BCUT2D eigenvalue weighted by molar-refractivity contribution is 0.439. The van der Waals surface area contributed by atoms with Crippen molar-refractivity contribution in [2.45, 2.75) is 6.92 Å². The number of aromatic nitrogens is 1. The number of anilines is 1. The maximum Gasteiger partial charge on any atom is 0.230 e. The fourth-order valence-electron chi connectivity index (χ4n) is 1.99. The number of aryl methyl sites for hydroxylation is 1. The summed E-state index contributed by atoms with van der Waals surface area (Å²) in [4.78, 5) is 0. The standard InChI is InChI=1S/C14H11BrN2O2/c1-8-5-10(7-18-8)13-12(14(16)19-17-13)9-3-2-4-11(15)6-9/h2-7H,16H2,1H3. The first-order chi connectivity index (χ1) is 9.15. The second kappa shape index (κ2) is 4.59. The van der Waals surface area contributed by atoms with Gasteiger partial charge < -0.3 is 14.7 Å². The number of hydrogen-bond acceptors (Lipinski definition) is 4. The number of nitrogens with two attached hydrogens (primary N) is 1. The van der Waals surface area contributed by atoms with Crippen LogP contribution in [0, 0.1) is 6.92 Å². The van der Waals surface area contributed by atoms with Crippen LogP contribution in [0.3, 0.4) is 0 Å². The first-order valence-electron chi connectivity index (χ1n) is 5.72. The van der Waals surface area contributed by atoms with Crippen LogP contribution in [0.4, 0.5) is 5.88 Å². The van der Waals surface area contributed by atoms with Crippen molar-refractivity contribution in [1.82, 2.24) is 5.16 Å². The monoisotopic (exact) mass is 318 g/mol. The van der Waals surface area contributed by atoms with E-state index < -0.39 is 0 Å². The van der Waals surface area contributed by atoms with Gasteiger partial charge in [-0.15, -0.1) is 0 Å². The molecule has 2 N–H and O–H groups in total. The van der Waals surface area contributed by atoms with E-state index in [-0.39, 0.29) is 0 Å². The SMILES string of the molecule is Cc1cc(-c2noc(N)c2-c2cccc(Br)c2)co1. The van der Waals surface area contributed by atoms with E-state index in [9.17, 15) is 0 Å². The Kier molecular flexibility index (Phi) is 2.91. The Hall–Kier alpha value is -2.01. The Labute approximate surface area is 118 Å². The molecule has 2 aromatic heterocycles. The topological polar surface area (TPSA) is 65.2 Å². The van der Waals surface area contributed by atoms with E-state index in [1.165, 1.54) is 0 Å². The predicted molar refractivity (Wildman–Crippen MR) is 76.5 cm³/mol. The van der Waals surface area contributed by atoms with E-state index in [1.807, 2.05) is 37.3 Å². The van der Waals surface area contributed by atoms with Gasteiger partial charge in [-0.25, -0.2) is 0 Å². The summed E-state index contributed by atoms with van der Waals surface area (Å²) in [5.41, 5.74) is 9.16. The summed E-state index contributed by atoms with van der Waals surface area (Å²) in [5, 5.41) is 4.03. The van der Waals surface area contributed by atoms with Gasteiger partial charge in [-0.2, -0.15) is 0 Å². The summed E-state index contributed by atoms with van der Waals surface area (Å²) < 4.78 is 11.4. The lowest BCUT2D eigenvalue weighted by Gasteiger charge is -2.01. The minimum absolute atomic E-state index is 0.298. The minimum Gasteiger partial charge on any atom is -0.469 e. The Morgan fingerprint density at radius 3 is 2.74 bits per heavy atom. The lowest BCUT2D eigenvalue weighted by Crippen LogP contribution is -1.87. The van der Waals surface area contributed by atoms with E-state index in [4.69, 9.17) is 14.7 Å². The van der Waals surface area contributed by atoms with Gasteiger partial charge in [0.05, 0.1) is 5.56 Å². The molecule has 3 rings (SSSR count). The van der Waals surface area contributed by atoms with Crippen molar-refractivity contribution >= 4 is 21.8 Å². The smallest absolute Gasteiger partial charge is 0.230 e. The third-order valence-corrected chi connectivity index (χ3v) is 3.33. The summed E-state index contributed by atoms with van der Waals surface area (Å²) in [7, 11) is 0. The molecule has 19 heavy (non-hydrogen) atoms. The van der Waals surface area contributed by atoms with Gasteiger partial charge in [0.25, 0.3) is 0 Å². The fourth-order valence-corrected chi connectivity index (χ4v) is 2.39. The molecule has 2 heterocycles. The molecule has 0 spiro atoms. The van der Waals surface area contributed by atoms with Crippen LogP contribution >= 0.6 is 15.9 Å². The normalized spacial score (nSPS) is 10.8. The van der Waals surface area contributed by atoms with Gasteiger partial charge in [0.2, 0.25) is 5.88 Å². The molecule has 5 heteroatoms. The molecular weight excluding hydrogens is 308 g/mol. The molecule has 0 atom stereocenters. The number of nitrogens with zero attached hydrogens (tertiary/aromatic N) is 1. The van der Waals surface area contributed by atoms with Crippen molar-refractivity contribution in [3.8, 4) is 22.4 Å². The highest BCUT2D eigenvalue weighted by Gasteiger charge is 2.18. The van der Waals surface area contributed by atoms with E-state index in [0.717, 1.165) is 26.9 Å². The quantitative estimate of drug-likeness (QED) is 0.766. The molecule has 4 nitrogen and oxygen atoms in total. The number of nitrogen functional groups attached to an aromatic ring is 1. The molecule has 0 aliphatic rings. The van der Waals surface area contributed by atoms with Gasteiger partial charge >= 0.3 is 0 Å². The molecule has 0 saturated heterocycles. The van der Waals surface area contributed by atoms with E-state index in [1.54, 1.807) is 6.26 Å². The highest BCUT2D eigenvalue weighted by Crippen LogP contribution is 2.37. The second-order valence-corrected chi connectivity index (χ2v) is 5.14. The van der Waals surface area contributed by atoms with Gasteiger partial charge in [0, 0.05) is 10.0 Å². The van der Waals surface area contributed by atoms with Crippen LogP contribution in [-0.2, 0) is 0 Å². The molecule has 0 radical (unpaired) electrons. The molecule has 3 aromatic rings. The molecule has 1 aromatic carbocycles. The van der Waals surface area contributed by atoms with Crippen molar-refractivity contribution < 1.29 is 8.94 Å². The maximum atomic E-state index is 5.89. The Morgan fingerprint density at radius 2 is 2.05 bits per heavy atom. The van der Waals surface area contributed by atoms with E-state index in [2.05, 4.69) is 21.1 Å². The summed E-state index contributed by atoms with van der Waals surface area (Å²) in [6.07, 6.45) is 1.65. The third-order valence-electron chi connectivity index (χ3n) is 2.84. The zero-order valence-electron chi connectivity index (χ0n) is 10.2. The number of rotatable bonds is 2. The van der Waals surface area contributed by atoms with Gasteiger partial charge in [0.15, 0.2) is 0 Å². The van der Waals surface area contributed by atoms with E-state index in [0.29, 0.717) is 11.6 Å². The molecule has 0 aliphatic heterocycles. The average molecular weight is 319 g/mol. The van der Waals surface area contributed by atoms with Crippen LogP contribution < -0.4 is 5.73 Å². The highest BCUT2D eigenvalue weighted by atomic mass is 79.9. The Balaban J connectivity index is 2.19. The van der Waals surface area contributed by atoms with Gasteiger partial charge in [-0.1, -0.05) is 33.2 Å². The van der Waals surface area contributed by atoms with Crippen LogP contribution in [0.15, 0.2) is 50.0 Å². The zero-order chi connectivity index (χ0) is 13.4. The van der Waals surface area contributed by atoms with Crippen molar-refractivity contribution in [2.24, 2.45) is 0 Å². The van der Waals surface area contributed by atoms with Gasteiger partial charge in [0.1, 0.15) is 17.7 Å². The second-order valence-electron chi connectivity index (χ2n) is 4.23. The van der Waals surface area contributed by atoms with Crippen LogP contribution in [0.25, 0.3) is 22.4 Å². The molecule has 0 aliphatic carbocycles. The fraction of sp³-hybridized carbons (Fsp3) is 0.0714. The van der Waals surface area contributed by atoms with Gasteiger partial charge in [-0.05, 0) is 30.7 Å². The van der Waals surface area contributed by atoms with Crippen LogP contribution in [0.5, 0.6) is 0 Å². The first-order valence-corrected chi connectivity index (χ1v) is 6.51. The van der Waals surface area contributed by atoms with E-state index >= 15 is 0 Å². The number of benzene rings is 1. The number of furan rings is 1. The number of hydrogen-bond donors (Lipinski definition) is 1.